The molecule has 238 valence electrons. The Morgan fingerprint density at radius 1 is 1.13 bits per heavy atom. The second-order valence-electron chi connectivity index (χ2n) is 12.1. The highest BCUT2D eigenvalue weighted by Gasteiger charge is 2.49. The van der Waals surface area contributed by atoms with Crippen molar-refractivity contribution in [3.63, 3.8) is 0 Å². The molecule has 46 heavy (non-hydrogen) atoms. The number of anilines is 1. The molecule has 0 radical (unpaired) electrons. The zero-order valence-corrected chi connectivity index (χ0v) is 25.6. The minimum Gasteiger partial charge on any atom is -0.461 e. The van der Waals surface area contributed by atoms with Gasteiger partial charge in [0.25, 0.3) is 5.91 Å². The number of amides is 1. The van der Waals surface area contributed by atoms with E-state index >= 15 is 4.39 Å². The topological polar surface area (TPSA) is 85.6 Å². The van der Waals surface area contributed by atoms with Crippen molar-refractivity contribution < 1.29 is 27.1 Å². The Kier molecular flexibility index (Phi) is 7.81. The molecule has 3 aliphatic heterocycles. The summed E-state index contributed by atoms with van der Waals surface area (Å²) in [5.74, 6) is -2.69. The van der Waals surface area contributed by atoms with Crippen molar-refractivity contribution in [3.05, 3.63) is 59.8 Å². The van der Waals surface area contributed by atoms with Crippen LogP contribution in [0.3, 0.4) is 0 Å². The van der Waals surface area contributed by atoms with Crippen LogP contribution in [0.2, 0.25) is 0 Å². The Morgan fingerprint density at radius 2 is 1.98 bits per heavy atom. The van der Waals surface area contributed by atoms with Gasteiger partial charge < -0.3 is 14.5 Å². The van der Waals surface area contributed by atoms with Crippen molar-refractivity contribution in [2.45, 2.75) is 43.4 Å². The van der Waals surface area contributed by atoms with Gasteiger partial charge >= 0.3 is 6.01 Å². The highest BCUT2D eigenvalue weighted by Crippen LogP contribution is 2.42. The average Bonchev–Trinajstić information content (AvgIpc) is 3.71. The molecule has 0 bridgehead atoms. The molecule has 0 unspecified atom stereocenters. The Morgan fingerprint density at radius 3 is 2.78 bits per heavy atom. The maximum absolute atomic E-state index is 16.6. The molecule has 0 aliphatic carbocycles. The lowest BCUT2D eigenvalue weighted by molar-refractivity contribution is -0.131. The molecule has 8 nitrogen and oxygen atoms in total. The van der Waals surface area contributed by atoms with Gasteiger partial charge in [0.05, 0.1) is 24.1 Å². The summed E-state index contributed by atoms with van der Waals surface area (Å²) in [6, 6.07) is 9.64. The summed E-state index contributed by atoms with van der Waals surface area (Å²) >= 11 is 1.18. The lowest BCUT2D eigenvalue weighted by Gasteiger charge is -2.41. The monoisotopic (exact) mass is 650 g/mol. The smallest absolute Gasteiger partial charge is 0.319 e. The third-order valence-electron chi connectivity index (χ3n) is 9.44. The molecule has 3 aliphatic rings. The fourth-order valence-electron chi connectivity index (χ4n) is 7.28. The Bertz CT molecular complexity index is 1910. The first-order chi connectivity index (χ1) is 22.2. The van der Waals surface area contributed by atoms with Gasteiger partial charge in [-0.15, -0.1) is 11.3 Å². The molecule has 2 aromatic heterocycles. The summed E-state index contributed by atoms with van der Waals surface area (Å²) in [6.07, 6.45) is 0.989. The zero-order valence-electron chi connectivity index (χ0n) is 24.8. The maximum atomic E-state index is 16.6. The van der Waals surface area contributed by atoms with Crippen LogP contribution in [0.15, 0.2) is 48.1 Å². The summed E-state index contributed by atoms with van der Waals surface area (Å²) in [5, 5.41) is 11.6. The number of halogens is 4. The van der Waals surface area contributed by atoms with Gasteiger partial charge in [0, 0.05) is 64.6 Å². The summed E-state index contributed by atoms with van der Waals surface area (Å²) in [6.45, 7) is 4.78. The number of benzene rings is 2. The minimum absolute atomic E-state index is 0.0189. The lowest BCUT2D eigenvalue weighted by Crippen LogP contribution is -2.55. The molecular formula is C33H30F4N6O2S. The van der Waals surface area contributed by atoms with E-state index in [9.17, 15) is 23.2 Å². The third kappa shape index (κ3) is 5.13. The van der Waals surface area contributed by atoms with E-state index in [0.29, 0.717) is 39.8 Å². The first-order valence-electron chi connectivity index (χ1n) is 15.1. The molecule has 3 fully saturated rings. The van der Waals surface area contributed by atoms with Crippen LogP contribution in [0, 0.1) is 23.0 Å². The summed E-state index contributed by atoms with van der Waals surface area (Å²) < 4.78 is 66.1. The van der Waals surface area contributed by atoms with Crippen molar-refractivity contribution in [3.8, 4) is 23.2 Å². The maximum Gasteiger partial charge on any atom is 0.319 e. The van der Waals surface area contributed by atoms with Crippen molar-refractivity contribution >= 4 is 44.1 Å². The van der Waals surface area contributed by atoms with Gasteiger partial charge in [0.1, 0.15) is 29.9 Å². The van der Waals surface area contributed by atoms with Crippen LogP contribution in [-0.2, 0) is 4.79 Å². The van der Waals surface area contributed by atoms with Crippen LogP contribution < -0.4 is 9.64 Å². The Balaban J connectivity index is 1.31. The van der Waals surface area contributed by atoms with E-state index in [4.69, 9.17) is 9.72 Å². The molecule has 3 atom stereocenters. The van der Waals surface area contributed by atoms with Gasteiger partial charge in [-0.1, -0.05) is 30.8 Å². The van der Waals surface area contributed by atoms with E-state index in [1.807, 2.05) is 4.90 Å². The van der Waals surface area contributed by atoms with Gasteiger partial charge in [-0.05, 0) is 25.5 Å². The molecule has 0 spiro atoms. The van der Waals surface area contributed by atoms with Crippen molar-refractivity contribution in [2.75, 3.05) is 44.2 Å². The summed E-state index contributed by atoms with van der Waals surface area (Å²) in [4.78, 5) is 26.9. The van der Waals surface area contributed by atoms with Crippen LogP contribution in [0.1, 0.15) is 25.7 Å². The standard InChI is InChI=1S/C33H30F4N6O2S/c1-19(34)31(44)43-13-12-41(16-21(43)8-10-38)30-25-7-6-22(23-4-2-5-24-26(36)17-46-29(23)24)27(37)28(25)39-32(40-30)45-18-33-9-3-11-42(33)15-20(35)14-33/h2,4-7,17,20-21H,1,3,8-9,11-16,18H2/t20-,21+,33+/m1/s1. The molecule has 0 saturated carbocycles. The normalized spacial score (nSPS) is 23.2. The van der Waals surface area contributed by atoms with Crippen molar-refractivity contribution in [2.24, 2.45) is 0 Å². The number of rotatable bonds is 7. The number of nitriles is 1. The SMILES string of the molecule is C=C(F)C(=O)N1CCN(c2nc(OC[C@@]34CCCN3C[C@H](F)C4)nc3c(F)c(-c4cccc5c(F)csc45)ccc23)C[C@@H]1CC#N. The number of carbonyl (C=O) groups excluding carboxylic acids is 1. The van der Waals surface area contributed by atoms with Gasteiger partial charge in [-0.2, -0.15) is 15.2 Å². The minimum atomic E-state index is -1.11. The average molecular weight is 651 g/mol. The number of nitrogens with zero attached hydrogens (tertiary/aromatic N) is 6. The number of alkyl halides is 1. The summed E-state index contributed by atoms with van der Waals surface area (Å²) in [5.41, 5.74) is 0.234. The number of fused-ring (bicyclic) bond motifs is 3. The van der Waals surface area contributed by atoms with E-state index in [1.165, 1.54) is 21.6 Å². The van der Waals surface area contributed by atoms with Crippen LogP contribution in [0.25, 0.3) is 32.1 Å². The van der Waals surface area contributed by atoms with Crippen LogP contribution >= 0.6 is 11.3 Å². The molecule has 1 amide bonds. The van der Waals surface area contributed by atoms with Crippen LogP contribution in [0.5, 0.6) is 6.01 Å². The number of aromatic nitrogens is 2. The zero-order chi connectivity index (χ0) is 32.2. The van der Waals surface area contributed by atoms with Crippen molar-refractivity contribution in [1.29, 1.82) is 5.26 Å². The van der Waals surface area contributed by atoms with Crippen LogP contribution in [0.4, 0.5) is 23.4 Å². The third-order valence-corrected chi connectivity index (χ3v) is 10.4. The molecular weight excluding hydrogens is 620 g/mol. The largest absolute Gasteiger partial charge is 0.461 e. The van der Waals surface area contributed by atoms with E-state index in [2.05, 4.69) is 22.5 Å². The van der Waals surface area contributed by atoms with E-state index in [-0.39, 0.29) is 55.6 Å². The Labute approximate surface area is 266 Å². The number of ether oxygens (including phenoxy) is 1. The quantitative estimate of drug-likeness (QED) is 0.175. The molecule has 7 rings (SSSR count). The second kappa shape index (κ2) is 11.8. The fourth-order valence-corrected chi connectivity index (χ4v) is 8.22. The van der Waals surface area contributed by atoms with E-state index in [1.54, 1.807) is 30.3 Å². The molecule has 0 N–H and O–H groups in total. The highest BCUT2D eigenvalue weighted by atomic mass is 32.1. The molecule has 5 heterocycles. The highest BCUT2D eigenvalue weighted by molar-refractivity contribution is 7.17. The van der Waals surface area contributed by atoms with E-state index < -0.39 is 35.3 Å². The predicted molar refractivity (Wildman–Crippen MR) is 167 cm³/mol. The van der Waals surface area contributed by atoms with Gasteiger partial charge in [0.15, 0.2) is 11.6 Å². The summed E-state index contributed by atoms with van der Waals surface area (Å²) in [7, 11) is 0. The van der Waals surface area contributed by atoms with Crippen molar-refractivity contribution in [1.82, 2.24) is 19.8 Å². The molecule has 3 saturated heterocycles. The molecule has 2 aromatic carbocycles. The lowest BCUT2D eigenvalue weighted by atomic mass is 9.95. The number of thiophene rings is 1. The van der Waals surface area contributed by atoms with Crippen LogP contribution in [-0.4, -0.2) is 82.8 Å². The van der Waals surface area contributed by atoms with Gasteiger partial charge in [0.2, 0.25) is 0 Å². The first-order valence-corrected chi connectivity index (χ1v) is 16.0. The van der Waals surface area contributed by atoms with Gasteiger partial charge in [-0.3, -0.25) is 9.69 Å². The number of hydrogen-bond donors (Lipinski definition) is 0. The second-order valence-corrected chi connectivity index (χ2v) is 13.0. The molecule has 13 heteroatoms. The first kappa shape index (κ1) is 30.4. The number of piperazine rings is 1. The van der Waals surface area contributed by atoms with E-state index in [0.717, 1.165) is 19.4 Å². The predicted octanol–water partition coefficient (Wildman–Crippen LogP) is 6.16. The number of carbonyl (C=O) groups is 1. The number of hydrogen-bond acceptors (Lipinski definition) is 8. The fraction of sp³-hybridized carbons (Fsp3) is 0.394. The molecule has 4 aromatic rings. The Hall–Kier alpha value is -4.28. The van der Waals surface area contributed by atoms with Gasteiger partial charge in [-0.25, -0.2) is 17.6 Å².